The Labute approximate surface area is 182 Å². The molecule has 2 aromatic carbocycles. The van der Waals surface area contributed by atoms with Gasteiger partial charge in [-0.1, -0.05) is 29.5 Å². The molecule has 0 N–H and O–H groups in total. The molecule has 156 valence electrons. The van der Waals surface area contributed by atoms with Gasteiger partial charge in [-0.05, 0) is 36.4 Å². The summed E-state index contributed by atoms with van der Waals surface area (Å²) in [6.07, 6.45) is 0.928. The first-order chi connectivity index (χ1) is 15.2. The monoisotopic (exact) mass is 433 g/mol. The third-order valence-corrected chi connectivity index (χ3v) is 5.97. The number of methoxy groups -OCH3 is 1. The summed E-state index contributed by atoms with van der Waals surface area (Å²) in [6.45, 7) is 0.408. The molecule has 0 saturated carbocycles. The van der Waals surface area contributed by atoms with Crippen LogP contribution in [0.15, 0.2) is 66.9 Å². The highest BCUT2D eigenvalue weighted by Crippen LogP contribution is 2.35. The quantitative estimate of drug-likeness (QED) is 0.472. The molecule has 0 radical (unpaired) electrons. The minimum Gasteiger partial charge on any atom is -0.497 e. The van der Waals surface area contributed by atoms with Gasteiger partial charge in [0.1, 0.15) is 12.4 Å². The van der Waals surface area contributed by atoms with E-state index in [0.717, 1.165) is 15.9 Å². The van der Waals surface area contributed by atoms with Crippen LogP contribution in [0.25, 0.3) is 10.2 Å². The van der Waals surface area contributed by atoms with Crippen LogP contribution in [0.3, 0.4) is 0 Å². The highest BCUT2D eigenvalue weighted by Gasteiger charge is 2.33. The summed E-state index contributed by atoms with van der Waals surface area (Å²) < 4.78 is 18.0. The molecule has 4 aromatic rings. The zero-order valence-electron chi connectivity index (χ0n) is 16.7. The molecule has 5 rings (SSSR count). The Morgan fingerprint density at radius 3 is 2.81 bits per heavy atom. The van der Waals surface area contributed by atoms with Crippen LogP contribution in [-0.2, 0) is 11.3 Å². The number of hydrogen-bond donors (Lipinski definition) is 0. The predicted molar refractivity (Wildman–Crippen MR) is 118 cm³/mol. The van der Waals surface area contributed by atoms with Gasteiger partial charge in [-0.3, -0.25) is 14.7 Å². The second-order valence-electron chi connectivity index (χ2n) is 6.94. The van der Waals surface area contributed by atoms with E-state index < -0.39 is 6.10 Å². The molecule has 0 aliphatic carbocycles. The number of benzene rings is 2. The number of fused-ring (bicyclic) bond motifs is 2. The molecule has 0 unspecified atom stereocenters. The molecule has 0 saturated heterocycles. The van der Waals surface area contributed by atoms with Crippen LogP contribution in [0.5, 0.6) is 17.2 Å². The number of anilines is 1. The molecule has 0 fully saturated rings. The van der Waals surface area contributed by atoms with Crippen molar-refractivity contribution in [2.75, 3.05) is 18.6 Å². The summed E-state index contributed by atoms with van der Waals surface area (Å²) in [4.78, 5) is 24.2. The minimum absolute atomic E-state index is 0.132. The average molecular weight is 433 g/mol. The molecule has 2 aromatic heterocycles. The lowest BCUT2D eigenvalue weighted by Crippen LogP contribution is -2.46. The van der Waals surface area contributed by atoms with E-state index >= 15 is 0 Å². The smallest absolute Gasteiger partial charge is 0.273 e. The van der Waals surface area contributed by atoms with E-state index in [0.29, 0.717) is 22.4 Å². The van der Waals surface area contributed by atoms with Crippen LogP contribution in [-0.4, -0.2) is 35.7 Å². The number of ether oxygens (including phenoxy) is 3. The summed E-state index contributed by atoms with van der Waals surface area (Å²) in [7, 11) is 1.61. The van der Waals surface area contributed by atoms with Gasteiger partial charge in [0.15, 0.2) is 16.6 Å². The van der Waals surface area contributed by atoms with Crippen molar-refractivity contribution in [2.45, 2.75) is 12.6 Å². The number of aromatic nitrogens is 2. The van der Waals surface area contributed by atoms with Gasteiger partial charge in [0.2, 0.25) is 6.10 Å². The lowest BCUT2D eigenvalue weighted by atomic mass is 10.2. The zero-order valence-corrected chi connectivity index (χ0v) is 17.5. The number of rotatable bonds is 5. The molecule has 7 nitrogen and oxygen atoms in total. The number of para-hydroxylation sites is 2. The Kier molecular flexibility index (Phi) is 5.13. The number of carbonyl (C=O) groups is 1. The zero-order chi connectivity index (χ0) is 21.2. The van der Waals surface area contributed by atoms with Crippen molar-refractivity contribution in [3.8, 4) is 17.2 Å². The molecule has 1 atom stereocenters. The first-order valence-corrected chi connectivity index (χ1v) is 10.6. The maximum atomic E-state index is 13.5. The summed E-state index contributed by atoms with van der Waals surface area (Å²) in [6, 6.07) is 18.6. The standard InChI is InChI=1S/C23H19N3O4S/c1-28-16-9-10-21-17(12-16)25-23(31-21)26(13-15-6-4-5-11-24-15)22(27)20-14-29-18-7-2-3-8-19(18)30-20/h2-12,20H,13-14H2,1H3/t20-/m0/s1. The maximum absolute atomic E-state index is 13.5. The Hall–Kier alpha value is -3.65. The number of amides is 1. The normalized spacial score (nSPS) is 14.9. The van der Waals surface area contributed by atoms with Crippen LogP contribution >= 0.6 is 11.3 Å². The fourth-order valence-corrected chi connectivity index (χ4v) is 4.30. The van der Waals surface area contributed by atoms with Gasteiger partial charge in [0, 0.05) is 12.3 Å². The Balaban J connectivity index is 1.49. The van der Waals surface area contributed by atoms with Crippen LogP contribution in [0.4, 0.5) is 5.13 Å². The van der Waals surface area contributed by atoms with E-state index in [9.17, 15) is 4.79 Å². The molecular weight excluding hydrogens is 414 g/mol. The molecular formula is C23H19N3O4S. The molecule has 1 aliphatic heterocycles. The van der Waals surface area contributed by atoms with Gasteiger partial charge in [-0.2, -0.15) is 0 Å². The van der Waals surface area contributed by atoms with Crippen molar-refractivity contribution in [2.24, 2.45) is 0 Å². The molecule has 1 aliphatic rings. The summed E-state index contributed by atoms with van der Waals surface area (Å²) in [5, 5.41) is 0.571. The largest absolute Gasteiger partial charge is 0.497 e. The van der Waals surface area contributed by atoms with E-state index in [1.54, 1.807) is 24.3 Å². The van der Waals surface area contributed by atoms with Crippen molar-refractivity contribution in [3.05, 3.63) is 72.6 Å². The van der Waals surface area contributed by atoms with Gasteiger partial charge in [-0.25, -0.2) is 4.98 Å². The highest BCUT2D eigenvalue weighted by atomic mass is 32.1. The van der Waals surface area contributed by atoms with Gasteiger partial charge in [0.05, 0.1) is 29.6 Å². The predicted octanol–water partition coefficient (Wildman–Crippen LogP) is 4.07. The molecule has 8 heteroatoms. The number of nitrogens with zero attached hydrogens (tertiary/aromatic N) is 3. The molecule has 1 amide bonds. The van der Waals surface area contributed by atoms with Crippen LogP contribution in [0.1, 0.15) is 5.69 Å². The molecule has 0 spiro atoms. The van der Waals surface area contributed by atoms with Crippen LogP contribution in [0, 0.1) is 0 Å². The summed E-state index contributed by atoms with van der Waals surface area (Å²) >= 11 is 1.44. The van der Waals surface area contributed by atoms with Gasteiger partial charge >= 0.3 is 0 Å². The van der Waals surface area contributed by atoms with Crippen LogP contribution < -0.4 is 19.1 Å². The molecule has 31 heavy (non-hydrogen) atoms. The summed E-state index contributed by atoms with van der Waals surface area (Å²) in [5.74, 6) is 1.67. The van der Waals surface area contributed by atoms with Crippen molar-refractivity contribution in [3.63, 3.8) is 0 Å². The Morgan fingerprint density at radius 2 is 2.00 bits per heavy atom. The van der Waals surface area contributed by atoms with Crippen molar-refractivity contribution in [1.29, 1.82) is 0 Å². The third kappa shape index (κ3) is 3.89. The fraction of sp³-hybridized carbons (Fsp3) is 0.174. The lowest BCUT2D eigenvalue weighted by Gasteiger charge is -2.29. The van der Waals surface area contributed by atoms with E-state index in [1.807, 2.05) is 54.6 Å². The summed E-state index contributed by atoms with van der Waals surface area (Å²) in [5.41, 5.74) is 1.52. The second kappa shape index (κ2) is 8.23. The van der Waals surface area contributed by atoms with Crippen molar-refractivity contribution < 1.29 is 19.0 Å². The minimum atomic E-state index is -0.778. The lowest BCUT2D eigenvalue weighted by molar-refractivity contribution is -0.127. The first-order valence-electron chi connectivity index (χ1n) is 9.75. The van der Waals surface area contributed by atoms with Gasteiger partial charge in [-0.15, -0.1) is 0 Å². The Bertz CT molecular complexity index is 1230. The second-order valence-corrected chi connectivity index (χ2v) is 7.95. The van der Waals surface area contributed by atoms with Crippen LogP contribution in [0.2, 0.25) is 0 Å². The van der Waals surface area contributed by atoms with Crippen molar-refractivity contribution in [1.82, 2.24) is 9.97 Å². The molecule has 3 heterocycles. The van der Waals surface area contributed by atoms with Gasteiger partial charge in [0.25, 0.3) is 5.91 Å². The van der Waals surface area contributed by atoms with E-state index in [-0.39, 0.29) is 19.1 Å². The maximum Gasteiger partial charge on any atom is 0.273 e. The van der Waals surface area contributed by atoms with E-state index in [2.05, 4.69) is 4.98 Å². The van der Waals surface area contributed by atoms with Gasteiger partial charge < -0.3 is 14.2 Å². The van der Waals surface area contributed by atoms with E-state index in [4.69, 9.17) is 19.2 Å². The van der Waals surface area contributed by atoms with Crippen molar-refractivity contribution >= 4 is 32.6 Å². The third-order valence-electron chi connectivity index (χ3n) is 4.91. The average Bonchev–Trinajstić information content (AvgIpc) is 3.25. The number of hydrogen-bond acceptors (Lipinski definition) is 7. The highest BCUT2D eigenvalue weighted by molar-refractivity contribution is 7.22. The number of carbonyl (C=O) groups excluding carboxylic acids is 1. The molecule has 0 bridgehead atoms. The number of pyridine rings is 1. The Morgan fingerprint density at radius 1 is 1.16 bits per heavy atom. The SMILES string of the molecule is COc1ccc2sc(N(Cc3ccccn3)C(=O)[C@@H]3COc4ccccc4O3)nc2c1. The topological polar surface area (TPSA) is 73.8 Å². The first kappa shape index (κ1) is 19.3. The van der Waals surface area contributed by atoms with E-state index in [1.165, 1.54) is 11.3 Å². The number of thiazole rings is 1. The fourth-order valence-electron chi connectivity index (χ4n) is 3.35.